The molecule has 0 aliphatic heterocycles. The summed E-state index contributed by atoms with van der Waals surface area (Å²) in [7, 11) is -3.27. The quantitative estimate of drug-likeness (QED) is 0.308. The molecule has 6 heteroatoms. The lowest BCUT2D eigenvalue weighted by molar-refractivity contribution is -0.143. The molecular weight excluding hydrogens is 375 g/mol. The SMILES string of the molecule is CCOCCOCC[C@H](C(=O)OCC)P(=O)(c1ccccc1)c1ccccc1. The van der Waals surface area contributed by atoms with Gasteiger partial charge in [-0.25, -0.2) is 0 Å². The summed E-state index contributed by atoms with van der Waals surface area (Å²) in [6.45, 7) is 5.78. The van der Waals surface area contributed by atoms with Crippen LogP contribution in [0.5, 0.6) is 0 Å². The van der Waals surface area contributed by atoms with Crippen molar-refractivity contribution in [3.05, 3.63) is 60.7 Å². The summed E-state index contributed by atoms with van der Waals surface area (Å²) in [5.41, 5.74) is -0.802. The van der Waals surface area contributed by atoms with Crippen LogP contribution in [-0.4, -0.2) is 44.7 Å². The Kier molecular flexibility index (Phi) is 9.42. The second kappa shape index (κ2) is 11.8. The zero-order valence-corrected chi connectivity index (χ0v) is 17.5. The number of esters is 1. The van der Waals surface area contributed by atoms with Gasteiger partial charge in [0.25, 0.3) is 0 Å². The van der Waals surface area contributed by atoms with Crippen LogP contribution in [0.3, 0.4) is 0 Å². The lowest BCUT2D eigenvalue weighted by Crippen LogP contribution is -2.34. The maximum atomic E-state index is 14.4. The van der Waals surface area contributed by atoms with Crippen molar-refractivity contribution < 1.29 is 23.6 Å². The molecule has 0 unspecified atom stereocenters. The molecule has 0 aliphatic rings. The predicted molar refractivity (Wildman–Crippen MR) is 112 cm³/mol. The van der Waals surface area contributed by atoms with Crippen LogP contribution in [0.25, 0.3) is 0 Å². The Morgan fingerprint density at radius 3 is 1.86 bits per heavy atom. The Morgan fingerprint density at radius 2 is 1.36 bits per heavy atom. The van der Waals surface area contributed by atoms with E-state index >= 15 is 0 Å². The van der Waals surface area contributed by atoms with Gasteiger partial charge in [-0.15, -0.1) is 0 Å². The van der Waals surface area contributed by atoms with E-state index in [2.05, 4.69) is 0 Å². The van der Waals surface area contributed by atoms with Crippen LogP contribution in [0.1, 0.15) is 20.3 Å². The third-order valence-electron chi connectivity index (χ3n) is 4.39. The third kappa shape index (κ3) is 5.78. The first-order valence-corrected chi connectivity index (χ1v) is 11.4. The zero-order chi connectivity index (χ0) is 20.2. The van der Waals surface area contributed by atoms with Gasteiger partial charge in [0.2, 0.25) is 0 Å². The Hall–Kier alpha value is -1.94. The first-order valence-electron chi connectivity index (χ1n) is 9.67. The van der Waals surface area contributed by atoms with Crippen LogP contribution >= 0.6 is 7.14 Å². The summed E-state index contributed by atoms with van der Waals surface area (Å²) in [6, 6.07) is 18.4. The minimum Gasteiger partial charge on any atom is -0.465 e. The molecule has 1 atom stereocenters. The third-order valence-corrected chi connectivity index (χ3v) is 7.87. The van der Waals surface area contributed by atoms with Crippen LogP contribution in [0.15, 0.2) is 60.7 Å². The molecule has 0 radical (unpaired) electrons. The van der Waals surface area contributed by atoms with Crippen molar-refractivity contribution >= 4 is 23.7 Å². The van der Waals surface area contributed by atoms with Crippen LogP contribution < -0.4 is 10.6 Å². The maximum Gasteiger partial charge on any atom is 0.317 e. The predicted octanol–water partition coefficient (Wildman–Crippen LogP) is 3.38. The zero-order valence-electron chi connectivity index (χ0n) is 16.6. The van der Waals surface area contributed by atoms with E-state index in [1.807, 2.05) is 67.6 Å². The van der Waals surface area contributed by atoms with Gasteiger partial charge in [0.05, 0.1) is 19.8 Å². The average molecular weight is 404 g/mol. The first-order chi connectivity index (χ1) is 13.6. The van der Waals surface area contributed by atoms with E-state index in [0.717, 1.165) is 0 Å². The van der Waals surface area contributed by atoms with E-state index in [1.54, 1.807) is 6.92 Å². The second-order valence-electron chi connectivity index (χ2n) is 6.19. The molecule has 2 rings (SSSR count). The van der Waals surface area contributed by atoms with Gasteiger partial charge in [-0.3, -0.25) is 4.79 Å². The lowest BCUT2D eigenvalue weighted by Gasteiger charge is -2.27. The molecule has 5 nitrogen and oxygen atoms in total. The van der Waals surface area contributed by atoms with Gasteiger partial charge >= 0.3 is 5.97 Å². The fourth-order valence-electron chi connectivity index (χ4n) is 3.05. The highest BCUT2D eigenvalue weighted by Crippen LogP contribution is 2.50. The van der Waals surface area contributed by atoms with E-state index in [-0.39, 0.29) is 6.61 Å². The van der Waals surface area contributed by atoms with Crippen molar-refractivity contribution in [2.45, 2.75) is 25.9 Å². The Bertz CT molecular complexity index is 705. The highest BCUT2D eigenvalue weighted by molar-refractivity contribution is 7.80. The van der Waals surface area contributed by atoms with Crippen molar-refractivity contribution in [1.82, 2.24) is 0 Å². The topological polar surface area (TPSA) is 61.8 Å². The van der Waals surface area contributed by atoms with Gasteiger partial charge in [-0.1, -0.05) is 60.7 Å². The lowest BCUT2D eigenvalue weighted by atomic mass is 10.3. The Labute approximate surface area is 167 Å². The molecule has 152 valence electrons. The summed E-state index contributed by atoms with van der Waals surface area (Å²) in [6.07, 6.45) is 0.312. The smallest absolute Gasteiger partial charge is 0.317 e. The fraction of sp³-hybridized carbons (Fsp3) is 0.409. The van der Waals surface area contributed by atoms with Crippen LogP contribution in [-0.2, 0) is 23.6 Å². The van der Waals surface area contributed by atoms with E-state index in [9.17, 15) is 9.36 Å². The largest absolute Gasteiger partial charge is 0.465 e. The van der Waals surface area contributed by atoms with Gasteiger partial charge in [0.15, 0.2) is 7.14 Å². The van der Waals surface area contributed by atoms with E-state index in [0.29, 0.717) is 43.5 Å². The van der Waals surface area contributed by atoms with Gasteiger partial charge in [0.1, 0.15) is 5.66 Å². The highest BCUT2D eigenvalue weighted by atomic mass is 31.2. The summed E-state index contributed by atoms with van der Waals surface area (Å²) in [5.74, 6) is -0.452. The van der Waals surface area contributed by atoms with Crippen molar-refractivity contribution in [2.75, 3.05) is 33.0 Å². The van der Waals surface area contributed by atoms with Crippen LogP contribution in [0.2, 0.25) is 0 Å². The van der Waals surface area contributed by atoms with Gasteiger partial charge in [-0.05, 0) is 20.3 Å². The minimum atomic E-state index is -3.27. The Balaban J connectivity index is 2.33. The fourth-order valence-corrected chi connectivity index (χ4v) is 6.14. The molecule has 0 spiro atoms. The molecule has 0 fully saturated rings. The molecule has 0 amide bonds. The monoisotopic (exact) mass is 404 g/mol. The van der Waals surface area contributed by atoms with Gasteiger partial charge in [0, 0.05) is 23.8 Å². The van der Waals surface area contributed by atoms with E-state index in [1.165, 1.54) is 0 Å². The normalized spacial score (nSPS) is 12.5. The van der Waals surface area contributed by atoms with Crippen LogP contribution in [0.4, 0.5) is 0 Å². The number of rotatable bonds is 12. The molecule has 2 aromatic carbocycles. The summed E-state index contributed by atoms with van der Waals surface area (Å²) in [5, 5.41) is 1.29. The molecule has 0 aliphatic carbocycles. The number of carbonyl (C=O) groups is 1. The molecule has 0 aromatic heterocycles. The van der Waals surface area contributed by atoms with E-state index in [4.69, 9.17) is 14.2 Å². The second-order valence-corrected chi connectivity index (χ2v) is 9.17. The van der Waals surface area contributed by atoms with Crippen molar-refractivity contribution in [3.63, 3.8) is 0 Å². The molecule has 2 aromatic rings. The maximum absolute atomic E-state index is 14.4. The molecular formula is C22H29O5P. The summed E-state index contributed by atoms with van der Waals surface area (Å²) in [4.78, 5) is 12.8. The average Bonchev–Trinajstić information content (AvgIpc) is 2.74. The standard InChI is InChI=1S/C22H29O5P/c1-3-25-17-18-26-16-15-21(22(23)27-4-2)28(24,19-11-7-5-8-12-19)20-13-9-6-10-14-20/h5-14,21H,3-4,15-18H2,1-2H3/t21-/m1/s1. The Morgan fingerprint density at radius 1 is 0.821 bits per heavy atom. The minimum absolute atomic E-state index is 0.240. The number of hydrogen-bond acceptors (Lipinski definition) is 5. The number of ether oxygens (including phenoxy) is 3. The van der Waals surface area contributed by atoms with Crippen molar-refractivity contribution in [2.24, 2.45) is 0 Å². The number of carbonyl (C=O) groups excluding carboxylic acids is 1. The molecule has 0 bridgehead atoms. The van der Waals surface area contributed by atoms with Crippen LogP contribution in [0, 0.1) is 0 Å². The summed E-state index contributed by atoms with van der Waals surface area (Å²) >= 11 is 0. The first kappa shape index (κ1) is 22.4. The number of hydrogen-bond donors (Lipinski definition) is 0. The van der Waals surface area contributed by atoms with Crippen molar-refractivity contribution in [1.29, 1.82) is 0 Å². The number of benzene rings is 2. The highest BCUT2D eigenvalue weighted by Gasteiger charge is 2.42. The van der Waals surface area contributed by atoms with Crippen molar-refractivity contribution in [3.8, 4) is 0 Å². The molecule has 0 N–H and O–H groups in total. The summed E-state index contributed by atoms with van der Waals surface area (Å²) < 4.78 is 30.6. The molecule has 0 saturated heterocycles. The van der Waals surface area contributed by atoms with Gasteiger partial charge < -0.3 is 18.8 Å². The molecule has 0 saturated carbocycles. The van der Waals surface area contributed by atoms with Gasteiger partial charge in [-0.2, -0.15) is 0 Å². The molecule has 0 heterocycles. The van der Waals surface area contributed by atoms with E-state index < -0.39 is 18.8 Å². The molecule has 28 heavy (non-hydrogen) atoms.